The monoisotopic (exact) mass is 238 g/mol. The van der Waals surface area contributed by atoms with Crippen molar-refractivity contribution in [3.63, 3.8) is 0 Å². The zero-order chi connectivity index (χ0) is 11.5. The maximum absolute atomic E-state index is 13.5. The second-order valence-corrected chi connectivity index (χ2v) is 4.35. The van der Waals surface area contributed by atoms with Crippen molar-refractivity contribution < 1.29 is 9.50 Å². The number of hydrogen-bond donors (Lipinski definition) is 2. The fourth-order valence-corrected chi connectivity index (χ4v) is 2.40. The highest BCUT2D eigenvalue weighted by Crippen LogP contribution is 2.32. The van der Waals surface area contributed by atoms with E-state index in [1.165, 1.54) is 17.8 Å². The SMILES string of the molecule is C[C@H](O)c1c(F)cccc1Sc1ncc[nH]1. The summed E-state index contributed by atoms with van der Waals surface area (Å²) in [5.74, 6) is -0.397. The van der Waals surface area contributed by atoms with E-state index in [2.05, 4.69) is 9.97 Å². The molecule has 0 bridgehead atoms. The minimum Gasteiger partial charge on any atom is -0.389 e. The molecule has 16 heavy (non-hydrogen) atoms. The predicted molar refractivity (Wildman–Crippen MR) is 59.7 cm³/mol. The number of benzene rings is 1. The Bertz CT molecular complexity index is 471. The van der Waals surface area contributed by atoms with Gasteiger partial charge < -0.3 is 10.1 Å². The number of imidazole rings is 1. The molecule has 5 heteroatoms. The molecule has 0 spiro atoms. The van der Waals surface area contributed by atoms with Crippen molar-refractivity contribution in [2.75, 3.05) is 0 Å². The summed E-state index contributed by atoms with van der Waals surface area (Å²) in [5.41, 5.74) is 0.309. The zero-order valence-corrected chi connectivity index (χ0v) is 9.46. The first-order chi connectivity index (χ1) is 7.68. The number of H-pyrrole nitrogens is 1. The molecule has 2 aromatic rings. The Kier molecular flexibility index (Phi) is 3.26. The number of aromatic nitrogens is 2. The fourth-order valence-electron chi connectivity index (χ4n) is 1.42. The molecule has 1 heterocycles. The third-order valence-electron chi connectivity index (χ3n) is 2.11. The standard InChI is InChI=1S/C11H11FN2OS/c1-7(15)10-8(12)3-2-4-9(10)16-11-13-5-6-14-11/h2-7,15H,1H3,(H,13,14)/t7-/m0/s1. The van der Waals surface area contributed by atoms with Crippen molar-refractivity contribution in [2.24, 2.45) is 0 Å². The van der Waals surface area contributed by atoms with Crippen LogP contribution in [0, 0.1) is 5.82 Å². The van der Waals surface area contributed by atoms with Crippen LogP contribution in [-0.2, 0) is 0 Å². The van der Waals surface area contributed by atoms with E-state index in [0.717, 1.165) is 0 Å². The Hall–Kier alpha value is -1.33. The van der Waals surface area contributed by atoms with Crippen LogP contribution in [0.2, 0.25) is 0 Å². The van der Waals surface area contributed by atoms with E-state index in [1.807, 2.05) is 0 Å². The van der Waals surface area contributed by atoms with Crippen molar-refractivity contribution in [3.8, 4) is 0 Å². The molecule has 0 saturated heterocycles. The number of aliphatic hydroxyl groups excluding tert-OH is 1. The summed E-state index contributed by atoms with van der Waals surface area (Å²) in [5, 5.41) is 10.2. The molecule has 1 aromatic heterocycles. The van der Waals surface area contributed by atoms with E-state index in [1.54, 1.807) is 31.5 Å². The van der Waals surface area contributed by atoms with Gasteiger partial charge in [0.15, 0.2) is 5.16 Å². The minimum atomic E-state index is -0.835. The maximum Gasteiger partial charge on any atom is 0.170 e. The van der Waals surface area contributed by atoms with Crippen LogP contribution < -0.4 is 0 Å². The van der Waals surface area contributed by atoms with Gasteiger partial charge >= 0.3 is 0 Å². The largest absolute Gasteiger partial charge is 0.389 e. The van der Waals surface area contributed by atoms with Crippen molar-refractivity contribution in [2.45, 2.75) is 23.1 Å². The van der Waals surface area contributed by atoms with E-state index in [-0.39, 0.29) is 0 Å². The van der Waals surface area contributed by atoms with Gasteiger partial charge in [-0.15, -0.1) is 0 Å². The molecule has 84 valence electrons. The molecule has 0 aliphatic carbocycles. The molecule has 0 aliphatic rings. The molecule has 0 aliphatic heterocycles. The van der Waals surface area contributed by atoms with Gasteiger partial charge in [-0.05, 0) is 19.1 Å². The lowest BCUT2D eigenvalue weighted by Crippen LogP contribution is -1.98. The third-order valence-corrected chi connectivity index (χ3v) is 3.10. The summed E-state index contributed by atoms with van der Waals surface area (Å²) in [6.07, 6.45) is 2.49. The van der Waals surface area contributed by atoms with Gasteiger partial charge in [0, 0.05) is 22.9 Å². The molecule has 0 unspecified atom stereocenters. The maximum atomic E-state index is 13.5. The quantitative estimate of drug-likeness (QED) is 0.864. The van der Waals surface area contributed by atoms with Crippen molar-refractivity contribution in [1.29, 1.82) is 0 Å². The van der Waals surface area contributed by atoms with E-state index in [9.17, 15) is 9.50 Å². The van der Waals surface area contributed by atoms with E-state index in [0.29, 0.717) is 15.6 Å². The Balaban J connectivity index is 2.37. The predicted octanol–water partition coefficient (Wildman–Crippen LogP) is 2.75. The van der Waals surface area contributed by atoms with Crippen molar-refractivity contribution in [1.82, 2.24) is 9.97 Å². The van der Waals surface area contributed by atoms with Gasteiger partial charge in [-0.25, -0.2) is 9.37 Å². The Morgan fingerprint density at radius 1 is 1.50 bits per heavy atom. The van der Waals surface area contributed by atoms with Crippen LogP contribution in [0.5, 0.6) is 0 Å². The second kappa shape index (κ2) is 4.67. The van der Waals surface area contributed by atoms with Crippen LogP contribution >= 0.6 is 11.8 Å². The first-order valence-corrected chi connectivity index (χ1v) is 5.64. The summed E-state index contributed by atoms with van der Waals surface area (Å²) < 4.78 is 13.5. The van der Waals surface area contributed by atoms with Crippen LogP contribution in [-0.4, -0.2) is 15.1 Å². The van der Waals surface area contributed by atoms with Crippen LogP contribution in [0.15, 0.2) is 40.6 Å². The normalized spacial score (nSPS) is 12.7. The molecule has 0 radical (unpaired) electrons. The lowest BCUT2D eigenvalue weighted by Gasteiger charge is -2.11. The van der Waals surface area contributed by atoms with E-state index in [4.69, 9.17) is 0 Å². The summed E-state index contributed by atoms with van der Waals surface area (Å²) in [4.78, 5) is 7.64. The first kappa shape index (κ1) is 11.2. The molecule has 1 aromatic carbocycles. The van der Waals surface area contributed by atoms with E-state index < -0.39 is 11.9 Å². The Labute approximate surface area is 96.7 Å². The number of halogens is 1. The molecule has 1 atom stereocenters. The number of rotatable bonds is 3. The van der Waals surface area contributed by atoms with Gasteiger partial charge in [0.1, 0.15) is 5.82 Å². The van der Waals surface area contributed by atoms with Crippen LogP contribution in [0.3, 0.4) is 0 Å². The average Bonchev–Trinajstić information content (AvgIpc) is 2.70. The molecule has 0 fully saturated rings. The molecular formula is C11H11FN2OS. The molecular weight excluding hydrogens is 227 g/mol. The lowest BCUT2D eigenvalue weighted by atomic mass is 10.1. The number of aliphatic hydroxyl groups is 1. The topological polar surface area (TPSA) is 48.9 Å². The van der Waals surface area contributed by atoms with Gasteiger partial charge in [-0.2, -0.15) is 0 Å². The summed E-state index contributed by atoms with van der Waals surface area (Å²) in [6, 6.07) is 4.72. The molecule has 0 saturated carbocycles. The second-order valence-electron chi connectivity index (χ2n) is 3.32. The third kappa shape index (κ3) is 2.25. The highest BCUT2D eigenvalue weighted by Gasteiger charge is 2.14. The summed E-state index contributed by atoms with van der Waals surface area (Å²) in [6.45, 7) is 1.55. The van der Waals surface area contributed by atoms with Crippen LogP contribution in [0.4, 0.5) is 4.39 Å². The van der Waals surface area contributed by atoms with Gasteiger partial charge in [-0.3, -0.25) is 0 Å². The number of hydrogen-bond acceptors (Lipinski definition) is 3. The fraction of sp³-hybridized carbons (Fsp3) is 0.182. The highest BCUT2D eigenvalue weighted by molar-refractivity contribution is 7.99. The zero-order valence-electron chi connectivity index (χ0n) is 8.64. The Morgan fingerprint density at radius 3 is 2.94 bits per heavy atom. The average molecular weight is 238 g/mol. The van der Waals surface area contributed by atoms with Gasteiger partial charge in [0.05, 0.1) is 6.10 Å². The van der Waals surface area contributed by atoms with Gasteiger partial charge in [-0.1, -0.05) is 17.8 Å². The van der Waals surface area contributed by atoms with Crippen molar-refractivity contribution >= 4 is 11.8 Å². The number of aromatic amines is 1. The smallest absolute Gasteiger partial charge is 0.170 e. The van der Waals surface area contributed by atoms with Crippen LogP contribution in [0.25, 0.3) is 0 Å². The van der Waals surface area contributed by atoms with Crippen molar-refractivity contribution in [3.05, 3.63) is 42.0 Å². The number of nitrogens with one attached hydrogen (secondary N) is 1. The summed E-state index contributed by atoms with van der Waals surface area (Å²) in [7, 11) is 0. The lowest BCUT2D eigenvalue weighted by molar-refractivity contribution is 0.191. The molecule has 2 rings (SSSR count). The molecule has 2 N–H and O–H groups in total. The van der Waals surface area contributed by atoms with Gasteiger partial charge in [0.25, 0.3) is 0 Å². The van der Waals surface area contributed by atoms with Crippen LogP contribution in [0.1, 0.15) is 18.6 Å². The van der Waals surface area contributed by atoms with Gasteiger partial charge in [0.2, 0.25) is 0 Å². The number of nitrogens with zero attached hydrogens (tertiary/aromatic N) is 1. The minimum absolute atomic E-state index is 0.309. The van der Waals surface area contributed by atoms with E-state index >= 15 is 0 Å². The Morgan fingerprint density at radius 2 is 2.31 bits per heavy atom. The highest BCUT2D eigenvalue weighted by atomic mass is 32.2. The summed E-state index contributed by atoms with van der Waals surface area (Å²) >= 11 is 1.30. The molecule has 3 nitrogen and oxygen atoms in total. The first-order valence-electron chi connectivity index (χ1n) is 4.82. The molecule has 0 amide bonds.